The van der Waals surface area contributed by atoms with Crippen molar-refractivity contribution in [1.29, 1.82) is 0 Å². The van der Waals surface area contributed by atoms with E-state index in [1.54, 1.807) is 30.7 Å². The molecule has 0 radical (unpaired) electrons. The highest BCUT2D eigenvalue weighted by molar-refractivity contribution is 6.30. The van der Waals surface area contributed by atoms with E-state index in [0.29, 0.717) is 35.6 Å². The number of aromatic nitrogens is 2. The molecular weight excluding hydrogens is 378 g/mol. The second-order valence-corrected chi connectivity index (χ2v) is 8.00. The summed E-state index contributed by atoms with van der Waals surface area (Å²) in [5.41, 5.74) is 0.873. The lowest BCUT2D eigenvalue weighted by Crippen LogP contribution is -2.43. The number of amides is 1. The molecule has 0 bridgehead atoms. The molecule has 3 N–H and O–H groups in total. The Hall–Kier alpha value is -2.38. The lowest BCUT2D eigenvalue weighted by molar-refractivity contribution is -0.128. The van der Waals surface area contributed by atoms with Gasteiger partial charge in [-0.2, -0.15) is 0 Å². The number of nitrogens with one attached hydrogen (secondary N) is 2. The molecule has 0 spiro atoms. The topological polar surface area (TPSA) is 90.4 Å². The van der Waals surface area contributed by atoms with Gasteiger partial charge in [-0.05, 0) is 48.9 Å². The van der Waals surface area contributed by atoms with Crippen LogP contribution >= 0.6 is 11.6 Å². The number of fused-ring (bicyclic) bond motifs is 1. The van der Waals surface area contributed by atoms with Crippen LogP contribution in [0, 0.1) is 11.8 Å². The van der Waals surface area contributed by atoms with Gasteiger partial charge >= 0.3 is 0 Å². The molecule has 148 valence electrons. The second-order valence-electron chi connectivity index (χ2n) is 7.56. The first-order valence-electron chi connectivity index (χ1n) is 9.56. The Morgan fingerprint density at radius 1 is 1.18 bits per heavy atom. The molecule has 28 heavy (non-hydrogen) atoms. The predicted octanol–water partition coefficient (Wildman–Crippen LogP) is 2.25. The largest absolute Gasteiger partial charge is 0.391 e. The summed E-state index contributed by atoms with van der Waals surface area (Å²) in [6, 6.07) is 7.24. The molecule has 1 amide bonds. The summed E-state index contributed by atoms with van der Waals surface area (Å²) >= 11 is 5.89. The van der Waals surface area contributed by atoms with E-state index >= 15 is 0 Å². The second kappa shape index (κ2) is 8.32. The van der Waals surface area contributed by atoms with Gasteiger partial charge in [0.1, 0.15) is 5.82 Å². The van der Waals surface area contributed by atoms with Gasteiger partial charge in [0.25, 0.3) is 0 Å². The molecule has 0 unspecified atom stereocenters. The first-order valence-corrected chi connectivity index (χ1v) is 9.94. The minimum Gasteiger partial charge on any atom is -0.391 e. The van der Waals surface area contributed by atoms with Crippen molar-refractivity contribution in [3.05, 3.63) is 47.9 Å². The number of aliphatic hydroxyl groups excluding tert-OH is 1. The maximum absolute atomic E-state index is 12.6. The van der Waals surface area contributed by atoms with Crippen molar-refractivity contribution in [3.8, 4) is 0 Å². The molecule has 2 aliphatic rings. The zero-order valence-corrected chi connectivity index (χ0v) is 16.2. The zero-order chi connectivity index (χ0) is 19.5. The summed E-state index contributed by atoms with van der Waals surface area (Å²) in [5.74, 6) is 1.48. The van der Waals surface area contributed by atoms with Crippen molar-refractivity contribution < 1.29 is 9.90 Å². The SMILES string of the molecule is O=C(CNc1ccc(Cl)cc1)N1C[C@H]2C[C@@H](Nc3cnccn3)[C@H](O)C[C@H]2C1. The van der Waals surface area contributed by atoms with Gasteiger partial charge in [0, 0.05) is 36.2 Å². The third kappa shape index (κ3) is 4.36. The van der Waals surface area contributed by atoms with Crippen molar-refractivity contribution >= 4 is 29.0 Å². The zero-order valence-electron chi connectivity index (χ0n) is 15.5. The fourth-order valence-corrected chi connectivity index (χ4v) is 4.34. The number of carbonyl (C=O) groups excluding carboxylic acids is 1. The molecule has 1 saturated carbocycles. The summed E-state index contributed by atoms with van der Waals surface area (Å²) in [6.45, 7) is 1.70. The monoisotopic (exact) mass is 401 g/mol. The number of nitrogens with zero attached hydrogens (tertiary/aromatic N) is 3. The fraction of sp³-hybridized carbons (Fsp3) is 0.450. The van der Waals surface area contributed by atoms with Crippen LogP contribution < -0.4 is 10.6 Å². The number of hydrogen-bond donors (Lipinski definition) is 3. The Balaban J connectivity index is 1.31. The highest BCUT2D eigenvalue weighted by Gasteiger charge is 2.42. The van der Waals surface area contributed by atoms with Crippen LogP contribution in [-0.4, -0.2) is 57.7 Å². The first-order chi connectivity index (χ1) is 13.6. The van der Waals surface area contributed by atoms with Crippen molar-refractivity contribution in [3.63, 3.8) is 0 Å². The Morgan fingerprint density at radius 3 is 2.64 bits per heavy atom. The standard InChI is InChI=1S/C20H24ClN5O2/c21-15-1-3-16(4-2-15)24-10-20(28)26-11-13-7-17(18(27)8-14(13)12-26)25-19-9-22-5-6-23-19/h1-6,9,13-14,17-18,24,27H,7-8,10-12H2,(H,23,25)/t13-,14+,17-,18-/m1/s1. The predicted molar refractivity (Wildman–Crippen MR) is 108 cm³/mol. The maximum atomic E-state index is 12.6. The maximum Gasteiger partial charge on any atom is 0.241 e. The van der Waals surface area contributed by atoms with Gasteiger partial charge in [-0.15, -0.1) is 0 Å². The van der Waals surface area contributed by atoms with Crippen LogP contribution in [0.25, 0.3) is 0 Å². The molecule has 1 aromatic heterocycles. The van der Waals surface area contributed by atoms with E-state index in [4.69, 9.17) is 11.6 Å². The van der Waals surface area contributed by atoms with Crippen LogP contribution in [0.1, 0.15) is 12.8 Å². The van der Waals surface area contributed by atoms with Crippen LogP contribution in [0.5, 0.6) is 0 Å². The van der Waals surface area contributed by atoms with Gasteiger partial charge in [-0.1, -0.05) is 11.6 Å². The van der Waals surface area contributed by atoms with E-state index in [0.717, 1.165) is 18.7 Å². The Kier molecular flexibility index (Phi) is 5.64. The van der Waals surface area contributed by atoms with E-state index < -0.39 is 6.10 Å². The van der Waals surface area contributed by atoms with E-state index in [1.807, 2.05) is 17.0 Å². The molecule has 1 aliphatic heterocycles. The van der Waals surface area contributed by atoms with Gasteiger partial charge in [0.15, 0.2) is 0 Å². The van der Waals surface area contributed by atoms with Crippen LogP contribution in [0.2, 0.25) is 5.02 Å². The van der Waals surface area contributed by atoms with E-state index in [2.05, 4.69) is 20.6 Å². The molecule has 7 nitrogen and oxygen atoms in total. The van der Waals surface area contributed by atoms with Crippen molar-refractivity contribution in [1.82, 2.24) is 14.9 Å². The number of hydrogen-bond acceptors (Lipinski definition) is 6. The number of halogens is 1. The van der Waals surface area contributed by atoms with E-state index in [1.165, 1.54) is 0 Å². The molecular formula is C20H24ClN5O2. The van der Waals surface area contributed by atoms with Crippen molar-refractivity contribution in [2.75, 3.05) is 30.3 Å². The van der Waals surface area contributed by atoms with E-state index in [-0.39, 0.29) is 18.5 Å². The Morgan fingerprint density at radius 2 is 1.93 bits per heavy atom. The minimum atomic E-state index is -0.453. The summed E-state index contributed by atoms with van der Waals surface area (Å²) in [4.78, 5) is 22.8. The van der Waals surface area contributed by atoms with Crippen LogP contribution in [0.4, 0.5) is 11.5 Å². The van der Waals surface area contributed by atoms with E-state index in [9.17, 15) is 9.90 Å². The van der Waals surface area contributed by atoms with Gasteiger partial charge in [0.2, 0.25) is 5.91 Å². The summed E-state index contributed by atoms with van der Waals surface area (Å²) < 4.78 is 0. The average molecular weight is 402 g/mol. The Bertz CT molecular complexity index is 804. The van der Waals surface area contributed by atoms with Crippen LogP contribution in [0.15, 0.2) is 42.9 Å². The molecule has 4 rings (SSSR count). The third-order valence-corrected chi connectivity index (χ3v) is 5.93. The van der Waals surface area contributed by atoms with Crippen LogP contribution in [-0.2, 0) is 4.79 Å². The summed E-state index contributed by atoms with van der Waals surface area (Å²) in [7, 11) is 0. The molecule has 1 aromatic carbocycles. The third-order valence-electron chi connectivity index (χ3n) is 5.68. The van der Waals surface area contributed by atoms with Crippen molar-refractivity contribution in [2.24, 2.45) is 11.8 Å². The molecule has 1 saturated heterocycles. The number of carbonyl (C=O) groups is 1. The van der Waals surface area contributed by atoms with Crippen molar-refractivity contribution in [2.45, 2.75) is 25.0 Å². The molecule has 4 atom stereocenters. The van der Waals surface area contributed by atoms with Gasteiger partial charge in [0.05, 0.1) is 24.9 Å². The fourth-order valence-electron chi connectivity index (χ4n) is 4.21. The Labute approximate surface area is 169 Å². The number of aliphatic hydroxyl groups is 1. The lowest BCUT2D eigenvalue weighted by atomic mass is 9.77. The molecule has 1 aliphatic carbocycles. The quantitative estimate of drug-likeness (QED) is 0.712. The normalized spacial score (nSPS) is 26.6. The summed E-state index contributed by atoms with van der Waals surface area (Å²) in [6.07, 6.45) is 5.96. The van der Waals surface area contributed by atoms with Crippen LogP contribution in [0.3, 0.4) is 0 Å². The number of likely N-dealkylation sites (tertiary alicyclic amines) is 1. The minimum absolute atomic E-state index is 0.0693. The highest BCUT2D eigenvalue weighted by atomic mass is 35.5. The number of benzene rings is 1. The molecule has 2 aromatic rings. The number of rotatable bonds is 5. The first kappa shape index (κ1) is 19.0. The summed E-state index contributed by atoms with van der Waals surface area (Å²) in [5, 5.41) is 17.7. The van der Waals surface area contributed by atoms with Gasteiger partial charge in [-0.3, -0.25) is 9.78 Å². The number of anilines is 2. The molecule has 8 heteroatoms. The van der Waals surface area contributed by atoms with Gasteiger partial charge < -0.3 is 20.6 Å². The molecule has 2 fully saturated rings. The smallest absolute Gasteiger partial charge is 0.241 e. The van der Waals surface area contributed by atoms with Gasteiger partial charge in [-0.25, -0.2) is 4.98 Å². The molecule has 2 heterocycles. The highest BCUT2D eigenvalue weighted by Crippen LogP contribution is 2.37. The average Bonchev–Trinajstić information content (AvgIpc) is 3.11. The lowest BCUT2D eigenvalue weighted by Gasteiger charge is -2.35.